The molecule has 4 unspecified atom stereocenters. The molecule has 0 amide bonds. The van der Waals surface area contributed by atoms with Gasteiger partial charge in [-0.25, -0.2) is 9.13 Å². The summed E-state index contributed by atoms with van der Waals surface area (Å²) in [4.78, 5) is 72.5. The van der Waals surface area contributed by atoms with Gasteiger partial charge in [0.1, 0.15) is 19.3 Å². The first-order valence-electron chi connectivity index (χ1n) is 36.3. The molecule has 0 radical (unpaired) electrons. The van der Waals surface area contributed by atoms with Crippen LogP contribution in [-0.2, 0) is 65.4 Å². The number of unbranched alkanes of at least 4 members (excludes halogenated alkanes) is 31. The second-order valence-corrected chi connectivity index (χ2v) is 29.6. The summed E-state index contributed by atoms with van der Waals surface area (Å²) in [7, 11) is -9.90. The second-order valence-electron chi connectivity index (χ2n) is 26.7. The van der Waals surface area contributed by atoms with Crippen LogP contribution in [0.2, 0.25) is 0 Å². The van der Waals surface area contributed by atoms with E-state index in [1.165, 1.54) is 141 Å². The van der Waals surface area contributed by atoms with Crippen molar-refractivity contribution in [2.24, 2.45) is 23.7 Å². The maximum absolute atomic E-state index is 13.0. The highest BCUT2D eigenvalue weighted by Crippen LogP contribution is 2.45. The highest BCUT2D eigenvalue weighted by molar-refractivity contribution is 7.47. The summed E-state index contributed by atoms with van der Waals surface area (Å²) in [6.07, 6.45) is 41.6. The van der Waals surface area contributed by atoms with Crippen molar-refractivity contribution < 1.29 is 80.2 Å². The number of aliphatic hydroxyl groups excluding tert-OH is 1. The summed E-state index contributed by atoms with van der Waals surface area (Å²) in [5.41, 5.74) is 0. The van der Waals surface area contributed by atoms with Crippen LogP contribution in [0.1, 0.15) is 344 Å². The van der Waals surface area contributed by atoms with Gasteiger partial charge in [-0.15, -0.1) is 0 Å². The van der Waals surface area contributed by atoms with Crippen LogP contribution in [0.5, 0.6) is 0 Å². The first-order valence-corrected chi connectivity index (χ1v) is 39.3. The van der Waals surface area contributed by atoms with E-state index in [1.54, 1.807) is 0 Å². The molecule has 528 valence electrons. The minimum absolute atomic E-state index is 0.104. The average molecular weight is 1310 g/mol. The van der Waals surface area contributed by atoms with Crippen LogP contribution in [0.4, 0.5) is 0 Å². The maximum atomic E-state index is 13.0. The lowest BCUT2D eigenvalue weighted by Gasteiger charge is -2.21. The molecule has 0 aliphatic rings. The number of phosphoric ester groups is 2. The van der Waals surface area contributed by atoms with Gasteiger partial charge in [0.25, 0.3) is 0 Å². The van der Waals surface area contributed by atoms with Gasteiger partial charge in [0.05, 0.1) is 26.4 Å². The van der Waals surface area contributed by atoms with Crippen LogP contribution in [0.25, 0.3) is 0 Å². The van der Waals surface area contributed by atoms with Crippen LogP contribution in [0.15, 0.2) is 0 Å². The molecule has 89 heavy (non-hydrogen) atoms. The number of esters is 4. The summed E-state index contributed by atoms with van der Waals surface area (Å²) in [6.45, 7) is 14.1. The lowest BCUT2D eigenvalue weighted by atomic mass is 9.99. The lowest BCUT2D eigenvalue weighted by Crippen LogP contribution is -2.30. The van der Waals surface area contributed by atoms with Crippen molar-refractivity contribution in [3.8, 4) is 0 Å². The van der Waals surface area contributed by atoms with E-state index in [-0.39, 0.29) is 25.7 Å². The number of carbonyl (C=O) groups excluding carboxylic acids is 4. The monoisotopic (exact) mass is 1310 g/mol. The fraction of sp³-hybridized carbons (Fsp3) is 0.943. The van der Waals surface area contributed by atoms with Crippen molar-refractivity contribution >= 4 is 39.5 Å². The Bertz CT molecular complexity index is 1770. The Balaban J connectivity index is 5.26. The third-order valence-electron chi connectivity index (χ3n) is 16.8. The van der Waals surface area contributed by atoms with Gasteiger partial charge in [-0.2, -0.15) is 0 Å². The van der Waals surface area contributed by atoms with Gasteiger partial charge < -0.3 is 33.8 Å². The Hall–Kier alpha value is -1.94. The number of aliphatic hydroxyl groups is 1. The Morgan fingerprint density at radius 1 is 0.315 bits per heavy atom. The third kappa shape index (κ3) is 62.0. The molecule has 0 aromatic heterocycles. The predicted octanol–water partition coefficient (Wildman–Crippen LogP) is 19.7. The van der Waals surface area contributed by atoms with E-state index < -0.39 is 97.5 Å². The first-order chi connectivity index (χ1) is 42.7. The molecule has 0 aliphatic carbocycles. The number of carbonyl (C=O) groups is 4. The Labute approximate surface area is 543 Å². The number of hydrogen-bond acceptors (Lipinski definition) is 15. The molecule has 17 nitrogen and oxygen atoms in total. The molecule has 0 heterocycles. The van der Waals surface area contributed by atoms with Crippen molar-refractivity contribution in [1.82, 2.24) is 0 Å². The summed E-state index contributed by atoms with van der Waals surface area (Å²) < 4.78 is 68.3. The van der Waals surface area contributed by atoms with Gasteiger partial charge in [-0.05, 0) is 49.4 Å². The standard InChI is InChI=1S/C70H136O17P2/c1-9-62(7)48-40-32-24-17-14-15-18-25-34-42-50-67(72)80-56-65(87-70(75)53-45-37-27-21-20-23-31-39-47-61(5)6)58-84-88(76,77)82-54-64(71)55-83-89(78,79)85-59-66(57-81-68(73)51-43-35-29-28-33-41-49-63(8)10-2)86-69(74)52-44-36-26-19-13-11-12-16-22-30-38-46-60(3)4/h60-66,71H,9-59H2,1-8H3,(H,76,77)(H,78,79)/t62?,63?,64-,65-,66-/m1/s1. The number of rotatable bonds is 67. The van der Waals surface area contributed by atoms with E-state index in [1.807, 2.05) is 0 Å². The molecule has 0 bridgehead atoms. The molecule has 0 aromatic rings. The molecular weight excluding hydrogens is 1170 g/mol. The molecule has 0 saturated carbocycles. The van der Waals surface area contributed by atoms with Gasteiger partial charge in [-0.1, -0.05) is 293 Å². The van der Waals surface area contributed by atoms with Crippen molar-refractivity contribution in [1.29, 1.82) is 0 Å². The summed E-state index contributed by atoms with van der Waals surface area (Å²) in [5.74, 6) is 0.893. The molecular formula is C70H136O17P2. The summed E-state index contributed by atoms with van der Waals surface area (Å²) >= 11 is 0. The fourth-order valence-electron chi connectivity index (χ4n) is 10.4. The van der Waals surface area contributed by atoms with Crippen LogP contribution in [0, 0.1) is 23.7 Å². The molecule has 7 atom stereocenters. The number of phosphoric acid groups is 2. The van der Waals surface area contributed by atoms with E-state index in [0.29, 0.717) is 25.7 Å². The van der Waals surface area contributed by atoms with Crippen molar-refractivity contribution in [3.63, 3.8) is 0 Å². The SMILES string of the molecule is CCC(C)CCCCCCCCCCCCC(=O)OC[C@H](COP(=O)(O)OC[C@@H](O)COP(=O)(O)OC[C@@H](COC(=O)CCCCCCCCC(C)CC)OC(=O)CCCCCCCCCCCCCC(C)C)OC(=O)CCCCCCCCCCC(C)C. The highest BCUT2D eigenvalue weighted by atomic mass is 31.2. The van der Waals surface area contributed by atoms with E-state index in [4.69, 9.17) is 37.0 Å². The van der Waals surface area contributed by atoms with Gasteiger partial charge in [0.15, 0.2) is 12.2 Å². The zero-order valence-electron chi connectivity index (χ0n) is 58.1. The molecule has 0 aromatic carbocycles. The van der Waals surface area contributed by atoms with Gasteiger partial charge in [-0.3, -0.25) is 37.3 Å². The second kappa shape index (κ2) is 59.8. The summed E-state index contributed by atoms with van der Waals surface area (Å²) in [6, 6.07) is 0. The zero-order chi connectivity index (χ0) is 66.1. The Morgan fingerprint density at radius 2 is 0.539 bits per heavy atom. The van der Waals surface area contributed by atoms with E-state index in [0.717, 1.165) is 120 Å². The molecule has 19 heteroatoms. The predicted molar refractivity (Wildman–Crippen MR) is 358 cm³/mol. The molecule has 3 N–H and O–H groups in total. The normalized spacial score (nSPS) is 14.9. The fourth-order valence-corrected chi connectivity index (χ4v) is 12.0. The highest BCUT2D eigenvalue weighted by Gasteiger charge is 2.30. The molecule has 0 fully saturated rings. The molecule has 0 saturated heterocycles. The van der Waals surface area contributed by atoms with Crippen LogP contribution in [0.3, 0.4) is 0 Å². The van der Waals surface area contributed by atoms with Gasteiger partial charge in [0.2, 0.25) is 0 Å². The first kappa shape index (κ1) is 87.1. The smallest absolute Gasteiger partial charge is 0.462 e. The van der Waals surface area contributed by atoms with E-state index >= 15 is 0 Å². The number of hydrogen-bond donors (Lipinski definition) is 3. The van der Waals surface area contributed by atoms with Crippen molar-refractivity contribution in [2.75, 3.05) is 39.6 Å². The molecule has 0 aliphatic heterocycles. The minimum atomic E-state index is -4.95. The Morgan fingerprint density at radius 3 is 0.798 bits per heavy atom. The van der Waals surface area contributed by atoms with Gasteiger partial charge >= 0.3 is 39.5 Å². The summed E-state index contributed by atoms with van der Waals surface area (Å²) in [5, 5.41) is 10.6. The van der Waals surface area contributed by atoms with E-state index in [2.05, 4.69) is 55.4 Å². The van der Waals surface area contributed by atoms with Crippen LogP contribution in [-0.4, -0.2) is 96.7 Å². The van der Waals surface area contributed by atoms with Gasteiger partial charge in [0, 0.05) is 25.7 Å². The lowest BCUT2D eigenvalue weighted by molar-refractivity contribution is -0.161. The third-order valence-corrected chi connectivity index (χ3v) is 18.7. The number of ether oxygens (including phenoxy) is 4. The Kier molecular flexibility index (Phi) is 58.5. The zero-order valence-corrected chi connectivity index (χ0v) is 59.8. The largest absolute Gasteiger partial charge is 0.472 e. The quantitative estimate of drug-likeness (QED) is 0.0222. The van der Waals surface area contributed by atoms with Crippen LogP contribution < -0.4 is 0 Å². The van der Waals surface area contributed by atoms with Crippen LogP contribution >= 0.6 is 15.6 Å². The molecule has 0 rings (SSSR count). The van der Waals surface area contributed by atoms with E-state index in [9.17, 15) is 43.2 Å². The minimum Gasteiger partial charge on any atom is -0.462 e. The topological polar surface area (TPSA) is 237 Å². The van der Waals surface area contributed by atoms with Crippen molar-refractivity contribution in [3.05, 3.63) is 0 Å². The maximum Gasteiger partial charge on any atom is 0.472 e. The average Bonchev–Trinajstić information content (AvgIpc) is 3.53. The molecule has 0 spiro atoms. The van der Waals surface area contributed by atoms with Crippen molar-refractivity contribution in [2.45, 2.75) is 363 Å².